The van der Waals surface area contributed by atoms with Crippen LogP contribution in [0.15, 0.2) is 18.2 Å². The van der Waals surface area contributed by atoms with Gasteiger partial charge in [0.05, 0.1) is 6.67 Å². The molecule has 0 unspecified atom stereocenters. The molecule has 0 amide bonds. The van der Waals surface area contributed by atoms with Crippen LogP contribution < -0.4 is 10.2 Å². The standard InChI is InChI=1S/C17H28N2.C2H6/c1-12(2)14-8-7-9-15(13(3)4)16(14)19-10-17(5,6)18-11-19;1-2/h7-9,12-13,18H,10-11H2,1-6H3;1-2H3. The zero-order chi connectivity index (χ0) is 16.2. The molecule has 1 aliphatic rings. The first-order valence-corrected chi connectivity index (χ1v) is 8.44. The second-order valence-electron chi connectivity index (χ2n) is 7.01. The maximum absolute atomic E-state index is 3.60. The molecule has 1 heterocycles. The summed E-state index contributed by atoms with van der Waals surface area (Å²) >= 11 is 0. The zero-order valence-corrected chi connectivity index (χ0v) is 15.2. The molecule has 0 spiro atoms. The van der Waals surface area contributed by atoms with Gasteiger partial charge in [0.2, 0.25) is 0 Å². The van der Waals surface area contributed by atoms with Crippen molar-refractivity contribution in [3.63, 3.8) is 0 Å². The molecule has 1 N–H and O–H groups in total. The number of hydrogen-bond acceptors (Lipinski definition) is 2. The van der Waals surface area contributed by atoms with Crippen molar-refractivity contribution in [3.05, 3.63) is 29.3 Å². The van der Waals surface area contributed by atoms with Gasteiger partial charge in [-0.3, -0.25) is 5.32 Å². The van der Waals surface area contributed by atoms with E-state index in [-0.39, 0.29) is 5.54 Å². The Morgan fingerprint density at radius 3 is 1.81 bits per heavy atom. The van der Waals surface area contributed by atoms with Crippen molar-refractivity contribution in [2.75, 3.05) is 18.1 Å². The van der Waals surface area contributed by atoms with E-state index in [4.69, 9.17) is 0 Å². The Labute approximate surface area is 131 Å². The Bertz CT molecular complexity index is 421. The highest BCUT2D eigenvalue weighted by Crippen LogP contribution is 2.36. The monoisotopic (exact) mass is 290 g/mol. The summed E-state index contributed by atoms with van der Waals surface area (Å²) in [5.41, 5.74) is 4.63. The summed E-state index contributed by atoms with van der Waals surface area (Å²) in [5, 5.41) is 3.60. The van der Waals surface area contributed by atoms with Gasteiger partial charge in [-0.05, 0) is 36.8 Å². The smallest absolute Gasteiger partial charge is 0.0687 e. The molecule has 1 aromatic rings. The van der Waals surface area contributed by atoms with Gasteiger partial charge < -0.3 is 4.90 Å². The van der Waals surface area contributed by atoms with Gasteiger partial charge in [-0.2, -0.15) is 0 Å². The fourth-order valence-corrected chi connectivity index (χ4v) is 2.93. The van der Waals surface area contributed by atoms with Crippen molar-refractivity contribution in [3.8, 4) is 0 Å². The zero-order valence-electron chi connectivity index (χ0n) is 15.2. The van der Waals surface area contributed by atoms with Crippen LogP contribution in [0.3, 0.4) is 0 Å². The van der Waals surface area contributed by atoms with E-state index < -0.39 is 0 Å². The van der Waals surface area contributed by atoms with E-state index in [2.05, 4.69) is 70.0 Å². The molecule has 1 aliphatic heterocycles. The Kier molecular flexibility index (Phi) is 6.27. The maximum Gasteiger partial charge on any atom is 0.0687 e. The lowest BCUT2D eigenvalue weighted by Gasteiger charge is -2.28. The predicted octanol–water partition coefficient (Wildman–Crippen LogP) is 5.11. The van der Waals surface area contributed by atoms with Gasteiger partial charge in [0.25, 0.3) is 0 Å². The van der Waals surface area contributed by atoms with Gasteiger partial charge in [0.1, 0.15) is 0 Å². The molecule has 2 nitrogen and oxygen atoms in total. The first kappa shape index (κ1) is 18.0. The van der Waals surface area contributed by atoms with E-state index in [1.165, 1.54) is 16.8 Å². The molecule has 0 bridgehead atoms. The molecule has 2 heteroatoms. The second-order valence-corrected chi connectivity index (χ2v) is 7.01. The average Bonchev–Trinajstić information content (AvgIpc) is 2.80. The number of rotatable bonds is 3. The molecule has 0 radical (unpaired) electrons. The number of nitrogens with zero attached hydrogens (tertiary/aromatic N) is 1. The SMILES string of the molecule is CC.CC(C)c1cccc(C(C)C)c1N1CNC(C)(C)C1. The molecular formula is C19H34N2. The number of hydrogen-bond donors (Lipinski definition) is 1. The summed E-state index contributed by atoms with van der Waals surface area (Å²) in [5.74, 6) is 1.13. The Morgan fingerprint density at radius 1 is 1.00 bits per heavy atom. The molecule has 120 valence electrons. The summed E-state index contributed by atoms with van der Waals surface area (Å²) in [6.45, 7) is 19.7. The lowest BCUT2D eigenvalue weighted by atomic mass is 9.91. The molecule has 1 aromatic carbocycles. The van der Waals surface area contributed by atoms with Crippen LogP contribution >= 0.6 is 0 Å². The Balaban J connectivity index is 0.00000106. The minimum atomic E-state index is 0.207. The van der Waals surface area contributed by atoms with E-state index in [1.807, 2.05) is 13.8 Å². The highest BCUT2D eigenvalue weighted by Gasteiger charge is 2.31. The van der Waals surface area contributed by atoms with Gasteiger partial charge in [0.15, 0.2) is 0 Å². The van der Waals surface area contributed by atoms with Crippen LogP contribution in [-0.4, -0.2) is 18.8 Å². The van der Waals surface area contributed by atoms with Crippen molar-refractivity contribution < 1.29 is 0 Å². The predicted molar refractivity (Wildman–Crippen MR) is 95.4 cm³/mol. The van der Waals surface area contributed by atoms with Gasteiger partial charge in [-0.1, -0.05) is 59.7 Å². The lowest BCUT2D eigenvalue weighted by molar-refractivity contribution is 0.488. The van der Waals surface area contributed by atoms with Gasteiger partial charge in [-0.15, -0.1) is 0 Å². The van der Waals surface area contributed by atoms with Crippen molar-refractivity contribution in [1.29, 1.82) is 0 Å². The molecule has 0 atom stereocenters. The molecular weight excluding hydrogens is 256 g/mol. The third kappa shape index (κ3) is 4.23. The van der Waals surface area contributed by atoms with Crippen molar-refractivity contribution in [2.24, 2.45) is 0 Å². The van der Waals surface area contributed by atoms with Crippen molar-refractivity contribution >= 4 is 5.69 Å². The summed E-state index contributed by atoms with van der Waals surface area (Å²) in [6, 6.07) is 6.79. The van der Waals surface area contributed by atoms with Crippen LogP contribution in [0, 0.1) is 0 Å². The van der Waals surface area contributed by atoms with Gasteiger partial charge in [-0.25, -0.2) is 0 Å². The van der Waals surface area contributed by atoms with E-state index in [0.29, 0.717) is 11.8 Å². The topological polar surface area (TPSA) is 15.3 Å². The van der Waals surface area contributed by atoms with Crippen molar-refractivity contribution in [1.82, 2.24) is 5.32 Å². The number of nitrogens with one attached hydrogen (secondary N) is 1. The third-order valence-electron chi connectivity index (χ3n) is 3.99. The lowest BCUT2D eigenvalue weighted by Crippen LogP contribution is -2.35. The van der Waals surface area contributed by atoms with Gasteiger partial charge >= 0.3 is 0 Å². The fourth-order valence-electron chi connectivity index (χ4n) is 2.93. The van der Waals surface area contributed by atoms with E-state index in [0.717, 1.165) is 13.2 Å². The largest absolute Gasteiger partial charge is 0.356 e. The molecule has 2 rings (SSSR count). The van der Waals surface area contributed by atoms with E-state index in [9.17, 15) is 0 Å². The fraction of sp³-hybridized carbons (Fsp3) is 0.684. The van der Waals surface area contributed by atoms with Crippen LogP contribution in [0.5, 0.6) is 0 Å². The first-order chi connectivity index (χ1) is 9.82. The van der Waals surface area contributed by atoms with Crippen LogP contribution in [0.25, 0.3) is 0 Å². The van der Waals surface area contributed by atoms with Crippen LogP contribution in [0.1, 0.15) is 78.4 Å². The number of para-hydroxylation sites is 1. The summed E-state index contributed by atoms with van der Waals surface area (Å²) in [6.07, 6.45) is 0. The Morgan fingerprint density at radius 2 is 1.48 bits per heavy atom. The van der Waals surface area contributed by atoms with Crippen molar-refractivity contribution in [2.45, 2.75) is 72.8 Å². The second kappa shape index (κ2) is 7.31. The molecule has 1 fully saturated rings. The van der Waals surface area contributed by atoms with E-state index >= 15 is 0 Å². The Hall–Kier alpha value is -1.02. The van der Waals surface area contributed by atoms with Crippen LogP contribution in [0.4, 0.5) is 5.69 Å². The molecule has 0 aromatic heterocycles. The quantitative estimate of drug-likeness (QED) is 0.832. The van der Waals surface area contributed by atoms with Crippen LogP contribution in [-0.2, 0) is 0 Å². The third-order valence-corrected chi connectivity index (χ3v) is 3.99. The number of benzene rings is 1. The van der Waals surface area contributed by atoms with Gasteiger partial charge in [0, 0.05) is 17.8 Å². The maximum atomic E-state index is 3.60. The minimum absolute atomic E-state index is 0.207. The molecule has 0 saturated carbocycles. The molecule has 21 heavy (non-hydrogen) atoms. The molecule has 1 saturated heterocycles. The highest BCUT2D eigenvalue weighted by molar-refractivity contribution is 5.62. The summed E-state index contributed by atoms with van der Waals surface area (Å²) in [4.78, 5) is 2.52. The first-order valence-electron chi connectivity index (χ1n) is 8.44. The van der Waals surface area contributed by atoms with Crippen LogP contribution in [0.2, 0.25) is 0 Å². The summed E-state index contributed by atoms with van der Waals surface area (Å²) < 4.78 is 0. The molecule has 0 aliphatic carbocycles. The summed E-state index contributed by atoms with van der Waals surface area (Å²) in [7, 11) is 0. The number of anilines is 1. The highest BCUT2D eigenvalue weighted by atomic mass is 15.3. The average molecular weight is 290 g/mol. The normalized spacial score (nSPS) is 17.1. The van der Waals surface area contributed by atoms with E-state index in [1.54, 1.807) is 0 Å². The minimum Gasteiger partial charge on any atom is -0.356 e.